The number of fused-ring (bicyclic) bond motifs is 1. The fourth-order valence-electron chi connectivity index (χ4n) is 2.35. The molecule has 0 aromatic heterocycles. The molecule has 0 radical (unpaired) electrons. The summed E-state index contributed by atoms with van der Waals surface area (Å²) in [6.45, 7) is 0.508. The van der Waals surface area contributed by atoms with Gasteiger partial charge in [0.2, 0.25) is 0 Å². The van der Waals surface area contributed by atoms with Gasteiger partial charge in [0.15, 0.2) is 0 Å². The van der Waals surface area contributed by atoms with E-state index in [1.807, 2.05) is 42.5 Å². The minimum absolute atomic E-state index is 0.0523. The Balaban J connectivity index is 1.64. The zero-order valence-corrected chi connectivity index (χ0v) is 12.3. The van der Waals surface area contributed by atoms with Gasteiger partial charge in [-0.3, -0.25) is 0 Å². The molecule has 0 N–H and O–H groups in total. The SMILES string of the molecule is ClCC#Cc1ccccc1OCC1Cc2ccccc2O1. The molecule has 0 fully saturated rings. The zero-order valence-electron chi connectivity index (χ0n) is 11.5. The number of para-hydroxylation sites is 2. The van der Waals surface area contributed by atoms with Gasteiger partial charge < -0.3 is 9.47 Å². The molecule has 0 bridgehead atoms. The Labute approximate surface area is 129 Å². The number of alkyl halides is 1. The number of ether oxygens (including phenoxy) is 2. The molecule has 0 spiro atoms. The molecule has 2 aromatic rings. The largest absolute Gasteiger partial charge is 0.488 e. The van der Waals surface area contributed by atoms with Crippen molar-refractivity contribution in [2.75, 3.05) is 12.5 Å². The van der Waals surface area contributed by atoms with Crippen LogP contribution >= 0.6 is 11.6 Å². The minimum atomic E-state index is 0.0523. The average molecular weight is 299 g/mol. The summed E-state index contributed by atoms with van der Waals surface area (Å²) in [5.74, 6) is 7.91. The number of rotatable bonds is 3. The molecule has 1 aliphatic heterocycles. The fraction of sp³-hybridized carbons (Fsp3) is 0.222. The van der Waals surface area contributed by atoms with Crippen LogP contribution in [0.2, 0.25) is 0 Å². The Bertz CT molecular complexity index is 660. The van der Waals surface area contributed by atoms with Crippen LogP contribution in [0.4, 0.5) is 0 Å². The van der Waals surface area contributed by atoms with Crippen molar-refractivity contribution in [1.29, 1.82) is 0 Å². The number of hydrogen-bond donors (Lipinski definition) is 0. The van der Waals surface area contributed by atoms with Crippen LogP contribution in [0.3, 0.4) is 0 Å². The van der Waals surface area contributed by atoms with Gasteiger partial charge in [0, 0.05) is 6.42 Å². The van der Waals surface area contributed by atoms with E-state index in [-0.39, 0.29) is 6.10 Å². The molecule has 106 valence electrons. The summed E-state index contributed by atoms with van der Waals surface area (Å²) in [6.07, 6.45) is 0.933. The fourth-order valence-corrected chi connectivity index (χ4v) is 2.42. The molecule has 0 saturated carbocycles. The average Bonchev–Trinajstić information content (AvgIpc) is 2.94. The summed E-state index contributed by atoms with van der Waals surface area (Å²) in [7, 11) is 0. The summed E-state index contributed by atoms with van der Waals surface area (Å²) in [6, 6.07) is 15.8. The first-order chi connectivity index (χ1) is 10.4. The number of halogens is 1. The lowest BCUT2D eigenvalue weighted by Gasteiger charge is -2.13. The molecule has 0 aliphatic carbocycles. The van der Waals surface area contributed by atoms with E-state index in [1.54, 1.807) is 0 Å². The van der Waals surface area contributed by atoms with Crippen LogP contribution in [-0.2, 0) is 6.42 Å². The minimum Gasteiger partial charge on any atom is -0.488 e. The van der Waals surface area contributed by atoms with Crippen molar-refractivity contribution in [1.82, 2.24) is 0 Å². The van der Waals surface area contributed by atoms with Gasteiger partial charge >= 0.3 is 0 Å². The Morgan fingerprint density at radius 3 is 2.81 bits per heavy atom. The summed E-state index contributed by atoms with van der Waals surface area (Å²) in [5.41, 5.74) is 2.09. The van der Waals surface area contributed by atoms with Crippen LogP contribution in [0.1, 0.15) is 11.1 Å². The molecule has 1 unspecified atom stereocenters. The third kappa shape index (κ3) is 3.32. The van der Waals surface area contributed by atoms with Crippen molar-refractivity contribution in [3.63, 3.8) is 0 Å². The van der Waals surface area contributed by atoms with Crippen molar-refractivity contribution < 1.29 is 9.47 Å². The number of hydrogen-bond acceptors (Lipinski definition) is 2. The van der Waals surface area contributed by atoms with Crippen LogP contribution in [0, 0.1) is 11.8 Å². The van der Waals surface area contributed by atoms with E-state index >= 15 is 0 Å². The smallest absolute Gasteiger partial charge is 0.137 e. The lowest BCUT2D eigenvalue weighted by Crippen LogP contribution is -2.22. The first-order valence-electron chi connectivity index (χ1n) is 6.88. The first kappa shape index (κ1) is 13.9. The van der Waals surface area contributed by atoms with Gasteiger partial charge in [0.1, 0.15) is 24.2 Å². The molecular formula is C18H15ClO2. The first-order valence-corrected chi connectivity index (χ1v) is 7.41. The van der Waals surface area contributed by atoms with Crippen LogP contribution in [0.25, 0.3) is 0 Å². The summed E-state index contributed by atoms with van der Waals surface area (Å²) < 4.78 is 11.7. The lowest BCUT2D eigenvalue weighted by atomic mass is 10.1. The topological polar surface area (TPSA) is 18.5 Å². The summed E-state index contributed by atoms with van der Waals surface area (Å²) >= 11 is 5.60. The van der Waals surface area contributed by atoms with Crippen molar-refractivity contribution in [2.45, 2.75) is 12.5 Å². The van der Waals surface area contributed by atoms with Gasteiger partial charge in [-0.1, -0.05) is 42.2 Å². The maximum Gasteiger partial charge on any atom is 0.137 e. The maximum atomic E-state index is 5.88. The van der Waals surface area contributed by atoms with Crippen LogP contribution < -0.4 is 9.47 Å². The van der Waals surface area contributed by atoms with E-state index in [4.69, 9.17) is 21.1 Å². The van der Waals surface area contributed by atoms with Crippen molar-refractivity contribution >= 4 is 11.6 Å². The lowest BCUT2D eigenvalue weighted by molar-refractivity contribution is 0.148. The molecule has 1 atom stereocenters. The monoisotopic (exact) mass is 298 g/mol. The molecule has 21 heavy (non-hydrogen) atoms. The molecule has 1 aliphatic rings. The Kier molecular flexibility index (Phi) is 4.33. The highest BCUT2D eigenvalue weighted by atomic mass is 35.5. The molecule has 1 heterocycles. The molecule has 2 aromatic carbocycles. The zero-order chi connectivity index (χ0) is 14.5. The van der Waals surface area contributed by atoms with E-state index < -0.39 is 0 Å². The second-order valence-electron chi connectivity index (χ2n) is 4.79. The van der Waals surface area contributed by atoms with Gasteiger partial charge in [0.05, 0.1) is 11.4 Å². The van der Waals surface area contributed by atoms with Gasteiger partial charge in [-0.2, -0.15) is 0 Å². The molecule has 0 saturated heterocycles. The predicted molar refractivity (Wildman–Crippen MR) is 84.1 cm³/mol. The van der Waals surface area contributed by atoms with Gasteiger partial charge in [0.25, 0.3) is 0 Å². The third-order valence-electron chi connectivity index (χ3n) is 3.32. The second-order valence-corrected chi connectivity index (χ2v) is 5.06. The molecule has 3 heteroatoms. The van der Waals surface area contributed by atoms with Gasteiger partial charge in [-0.15, -0.1) is 11.6 Å². The normalized spacial score (nSPS) is 15.6. The highest BCUT2D eigenvalue weighted by Gasteiger charge is 2.22. The van der Waals surface area contributed by atoms with Gasteiger partial charge in [-0.05, 0) is 23.8 Å². The quantitative estimate of drug-likeness (QED) is 0.636. The van der Waals surface area contributed by atoms with Crippen LogP contribution in [-0.4, -0.2) is 18.6 Å². The van der Waals surface area contributed by atoms with E-state index in [9.17, 15) is 0 Å². The molecule has 0 amide bonds. The van der Waals surface area contributed by atoms with Crippen molar-refractivity contribution in [3.8, 4) is 23.3 Å². The highest BCUT2D eigenvalue weighted by Crippen LogP contribution is 2.28. The Morgan fingerprint density at radius 1 is 1.14 bits per heavy atom. The van der Waals surface area contributed by atoms with E-state index in [1.165, 1.54) is 5.56 Å². The summed E-state index contributed by atoms with van der Waals surface area (Å²) in [4.78, 5) is 0. The molecule has 3 rings (SSSR count). The molecular weight excluding hydrogens is 284 g/mol. The predicted octanol–water partition coefficient (Wildman–Crippen LogP) is 3.66. The van der Waals surface area contributed by atoms with Gasteiger partial charge in [-0.25, -0.2) is 0 Å². The Morgan fingerprint density at radius 2 is 1.95 bits per heavy atom. The maximum absolute atomic E-state index is 5.88. The Hall–Kier alpha value is -2.11. The molecule has 2 nitrogen and oxygen atoms in total. The van der Waals surface area contributed by atoms with E-state index in [0.717, 1.165) is 23.5 Å². The highest BCUT2D eigenvalue weighted by molar-refractivity contribution is 6.19. The summed E-state index contributed by atoms with van der Waals surface area (Å²) in [5, 5.41) is 0. The van der Waals surface area contributed by atoms with Crippen molar-refractivity contribution in [3.05, 3.63) is 59.7 Å². The standard InChI is InChI=1S/C18H15ClO2/c19-11-5-8-14-6-1-3-9-17(14)20-13-16-12-15-7-2-4-10-18(15)21-16/h1-4,6-7,9-10,16H,11-13H2. The van der Waals surface area contributed by atoms with E-state index in [0.29, 0.717) is 12.5 Å². The second kappa shape index (κ2) is 6.56. The van der Waals surface area contributed by atoms with Crippen LogP contribution in [0.15, 0.2) is 48.5 Å². The third-order valence-corrected chi connectivity index (χ3v) is 3.45. The van der Waals surface area contributed by atoms with Crippen LogP contribution in [0.5, 0.6) is 11.5 Å². The van der Waals surface area contributed by atoms with E-state index in [2.05, 4.69) is 17.9 Å². The van der Waals surface area contributed by atoms with Crippen molar-refractivity contribution in [2.24, 2.45) is 0 Å². The number of benzene rings is 2.